The molecule has 3 rings (SSSR count). The Balaban J connectivity index is 0.000000604. The zero-order chi connectivity index (χ0) is 27.6. The number of rotatable bonds is 10. The number of benzene rings is 1. The van der Waals surface area contributed by atoms with E-state index < -0.39 is 0 Å². The number of ketones is 1. The second kappa shape index (κ2) is 13.7. The Bertz CT molecular complexity index is 1070. The van der Waals surface area contributed by atoms with Crippen molar-refractivity contribution in [3.8, 4) is 17.6 Å². The van der Waals surface area contributed by atoms with Crippen molar-refractivity contribution in [3.63, 3.8) is 0 Å². The topological polar surface area (TPSA) is 128 Å². The highest BCUT2D eigenvalue weighted by atomic mass is 16.5. The predicted octanol–water partition coefficient (Wildman–Crippen LogP) is 3.44. The molecule has 2 heterocycles. The van der Waals surface area contributed by atoms with Crippen LogP contribution in [0.3, 0.4) is 0 Å². The smallest absolute Gasteiger partial charge is 0.293 e. The lowest BCUT2D eigenvalue weighted by molar-refractivity contribution is -0.138. The Morgan fingerprint density at radius 3 is 2.32 bits per heavy atom. The minimum atomic E-state index is -0.318. The van der Waals surface area contributed by atoms with E-state index in [-0.39, 0.29) is 36.3 Å². The number of nitriles is 1. The molecule has 202 valence electrons. The third-order valence-corrected chi connectivity index (χ3v) is 5.48. The average Bonchev–Trinajstić information content (AvgIpc) is 3.46. The lowest BCUT2D eigenvalue weighted by atomic mass is 10.0. The Kier molecular flexibility index (Phi) is 10.9. The summed E-state index contributed by atoms with van der Waals surface area (Å²) in [6, 6.07) is 7.99. The van der Waals surface area contributed by atoms with Crippen LogP contribution in [0.4, 0.5) is 5.82 Å². The van der Waals surface area contributed by atoms with E-state index in [2.05, 4.69) is 26.5 Å². The van der Waals surface area contributed by atoms with Gasteiger partial charge in [-0.1, -0.05) is 0 Å². The van der Waals surface area contributed by atoms with Gasteiger partial charge in [0.2, 0.25) is 0 Å². The molecular formula is C27H39N5O5. The minimum Gasteiger partial charge on any atom is -0.497 e. The van der Waals surface area contributed by atoms with Crippen molar-refractivity contribution >= 4 is 18.1 Å². The number of nitrogens with one attached hydrogen (secondary N) is 2. The van der Waals surface area contributed by atoms with Crippen molar-refractivity contribution < 1.29 is 23.8 Å². The maximum absolute atomic E-state index is 12.8. The molecule has 1 fully saturated rings. The van der Waals surface area contributed by atoms with Gasteiger partial charge in [0.05, 0.1) is 32.4 Å². The molecule has 1 saturated heterocycles. The van der Waals surface area contributed by atoms with Gasteiger partial charge in [-0.3, -0.25) is 9.59 Å². The van der Waals surface area contributed by atoms with Crippen LogP contribution in [0.2, 0.25) is 0 Å². The highest BCUT2D eigenvalue weighted by Gasteiger charge is 2.26. The normalized spacial score (nSPS) is 14.8. The first-order valence-corrected chi connectivity index (χ1v) is 12.3. The molecule has 10 nitrogen and oxygen atoms in total. The van der Waals surface area contributed by atoms with E-state index in [9.17, 15) is 14.9 Å². The molecule has 0 aliphatic carbocycles. The minimum absolute atomic E-state index is 0.0212. The number of hydrogen-bond donors (Lipinski definition) is 2. The van der Waals surface area contributed by atoms with Crippen LogP contribution >= 0.6 is 0 Å². The molecule has 1 atom stereocenters. The van der Waals surface area contributed by atoms with Crippen LogP contribution in [0.1, 0.15) is 63.9 Å². The third kappa shape index (κ3) is 9.10. The fraction of sp³-hybridized carbons (Fsp3) is 0.556. The summed E-state index contributed by atoms with van der Waals surface area (Å²) in [5.74, 6) is 1.95. The number of hydrogen-bond acceptors (Lipinski definition) is 9. The van der Waals surface area contributed by atoms with Crippen LogP contribution < -0.4 is 20.1 Å². The quantitative estimate of drug-likeness (QED) is 0.459. The zero-order valence-electron chi connectivity index (χ0n) is 22.9. The van der Waals surface area contributed by atoms with Gasteiger partial charge in [-0.2, -0.15) is 10.4 Å². The van der Waals surface area contributed by atoms with E-state index in [1.807, 2.05) is 51.4 Å². The second-order valence-electron chi connectivity index (χ2n) is 10.1. The van der Waals surface area contributed by atoms with Crippen LogP contribution in [-0.4, -0.2) is 61.0 Å². The Morgan fingerprint density at radius 2 is 1.89 bits per heavy atom. The van der Waals surface area contributed by atoms with Crippen LogP contribution in [0.15, 0.2) is 18.2 Å². The summed E-state index contributed by atoms with van der Waals surface area (Å²) < 4.78 is 17.0. The predicted molar refractivity (Wildman–Crippen MR) is 141 cm³/mol. The molecule has 37 heavy (non-hydrogen) atoms. The van der Waals surface area contributed by atoms with Gasteiger partial charge in [0.1, 0.15) is 40.3 Å². The largest absolute Gasteiger partial charge is 0.497 e. The van der Waals surface area contributed by atoms with Crippen molar-refractivity contribution in [1.29, 1.82) is 5.26 Å². The summed E-state index contributed by atoms with van der Waals surface area (Å²) in [6.07, 6.45) is 1.25. The first-order valence-electron chi connectivity index (χ1n) is 12.3. The number of carbonyl (C=O) groups is 2. The van der Waals surface area contributed by atoms with Crippen LogP contribution in [0.5, 0.6) is 11.5 Å². The Labute approximate surface area is 219 Å². The van der Waals surface area contributed by atoms with Crippen molar-refractivity contribution in [3.05, 3.63) is 35.0 Å². The standard InChI is InChI=1S/C22H29N5O3.C5H10O2/c1-14(2)25-22-20(12-23)21(26-27(22)16-5-6-24-13-16)10-17(28)7-15-8-18(29-3)11-19(9-15)30-4;1-5(2,3)7-4-6/h8-9,11,14,16,24-25H,5-7,10,13H2,1-4H3;4H,1-3H3/t16-;/m0./s1. The molecule has 0 radical (unpaired) electrons. The maximum Gasteiger partial charge on any atom is 0.293 e. The lowest BCUT2D eigenvalue weighted by Crippen LogP contribution is -2.20. The third-order valence-electron chi connectivity index (χ3n) is 5.48. The Hall–Kier alpha value is -3.58. The van der Waals surface area contributed by atoms with E-state index >= 15 is 0 Å². The van der Waals surface area contributed by atoms with Crippen LogP contribution in [0.25, 0.3) is 0 Å². The molecule has 2 aromatic rings. The fourth-order valence-corrected chi connectivity index (χ4v) is 3.84. The zero-order valence-corrected chi connectivity index (χ0v) is 22.9. The number of methoxy groups -OCH3 is 2. The van der Waals surface area contributed by atoms with Crippen molar-refractivity contribution in [2.24, 2.45) is 0 Å². The number of anilines is 1. The van der Waals surface area contributed by atoms with Crippen molar-refractivity contribution in [2.45, 2.75) is 71.6 Å². The summed E-state index contributed by atoms with van der Waals surface area (Å²) in [4.78, 5) is 22.4. The summed E-state index contributed by atoms with van der Waals surface area (Å²) in [5.41, 5.74) is 1.45. The summed E-state index contributed by atoms with van der Waals surface area (Å²) in [5, 5.41) is 21.2. The SMILES string of the molecule is CC(C)(C)OC=O.COc1cc(CC(=O)Cc2nn([C@H]3CCNC3)c(NC(C)C)c2C#N)cc(OC)c1. The monoisotopic (exact) mass is 513 g/mol. The molecule has 1 aromatic heterocycles. The average molecular weight is 514 g/mol. The number of nitrogens with zero attached hydrogens (tertiary/aromatic N) is 3. The highest BCUT2D eigenvalue weighted by molar-refractivity contribution is 5.84. The van der Waals surface area contributed by atoms with Gasteiger partial charge in [0.25, 0.3) is 6.47 Å². The summed E-state index contributed by atoms with van der Waals surface area (Å²) in [7, 11) is 3.15. The van der Waals surface area contributed by atoms with Gasteiger partial charge in [0.15, 0.2) is 0 Å². The first kappa shape index (κ1) is 29.6. The van der Waals surface area contributed by atoms with E-state index in [1.54, 1.807) is 20.3 Å². The van der Waals surface area contributed by atoms with Gasteiger partial charge >= 0.3 is 0 Å². The van der Waals surface area contributed by atoms with Crippen LogP contribution in [0, 0.1) is 11.3 Å². The van der Waals surface area contributed by atoms with E-state index in [1.165, 1.54) is 0 Å². The molecule has 2 N–H and O–H groups in total. The van der Waals surface area contributed by atoms with E-state index in [4.69, 9.17) is 9.47 Å². The van der Waals surface area contributed by atoms with Crippen LogP contribution in [-0.2, 0) is 27.2 Å². The molecular weight excluding hydrogens is 474 g/mol. The molecule has 1 aliphatic heterocycles. The van der Waals surface area contributed by atoms with Gasteiger partial charge in [0, 0.05) is 25.1 Å². The second-order valence-corrected chi connectivity index (χ2v) is 10.1. The number of carbonyl (C=O) groups excluding carboxylic acids is 2. The fourth-order valence-electron chi connectivity index (χ4n) is 3.84. The molecule has 0 bridgehead atoms. The van der Waals surface area contributed by atoms with E-state index in [0.29, 0.717) is 35.0 Å². The number of ether oxygens (including phenoxy) is 3. The molecule has 0 spiro atoms. The molecule has 0 saturated carbocycles. The molecule has 1 aliphatic rings. The van der Waals surface area contributed by atoms with E-state index in [0.717, 1.165) is 25.1 Å². The van der Waals surface area contributed by atoms with Gasteiger partial charge in [-0.15, -0.1) is 0 Å². The molecule has 1 aromatic carbocycles. The summed E-state index contributed by atoms with van der Waals surface area (Å²) in [6.45, 7) is 11.7. The van der Waals surface area contributed by atoms with Crippen molar-refractivity contribution in [2.75, 3.05) is 32.6 Å². The molecule has 0 amide bonds. The molecule has 0 unspecified atom stereocenters. The Morgan fingerprint density at radius 1 is 1.24 bits per heavy atom. The van der Waals surface area contributed by atoms with Gasteiger partial charge in [-0.05, 0) is 65.3 Å². The number of aromatic nitrogens is 2. The maximum atomic E-state index is 12.8. The van der Waals surface area contributed by atoms with Gasteiger partial charge < -0.3 is 24.8 Å². The first-order chi connectivity index (χ1) is 17.5. The summed E-state index contributed by atoms with van der Waals surface area (Å²) >= 11 is 0. The molecule has 10 heteroatoms. The number of Topliss-reactive ketones (excluding diaryl/α,β-unsaturated/α-hetero) is 1. The highest BCUT2D eigenvalue weighted by Crippen LogP contribution is 2.28. The van der Waals surface area contributed by atoms with Crippen molar-refractivity contribution in [1.82, 2.24) is 15.1 Å². The van der Waals surface area contributed by atoms with Gasteiger partial charge in [-0.25, -0.2) is 4.68 Å². The lowest BCUT2D eigenvalue weighted by Gasteiger charge is -2.17.